The van der Waals surface area contributed by atoms with Gasteiger partial charge in [-0.1, -0.05) is 88.4 Å². The van der Waals surface area contributed by atoms with Crippen molar-refractivity contribution in [2.24, 2.45) is 0 Å². The molecule has 14 heteroatoms. The van der Waals surface area contributed by atoms with Crippen LogP contribution in [0.25, 0.3) is 0 Å². The lowest BCUT2D eigenvalue weighted by Crippen LogP contribution is -2.66. The van der Waals surface area contributed by atoms with Gasteiger partial charge in [0.2, 0.25) is 0 Å². The quantitative estimate of drug-likeness (QED) is 0.0550. The summed E-state index contributed by atoms with van der Waals surface area (Å²) in [7, 11) is -2.54. The third kappa shape index (κ3) is 23.2. The molecule has 2 rings (SSSR count). The fourth-order valence-corrected chi connectivity index (χ4v) is 10.1. The molecule has 0 N–H and O–H groups in total. The third-order valence-corrected chi connectivity index (χ3v) is 13.3. The summed E-state index contributed by atoms with van der Waals surface area (Å²) in [4.78, 5) is 11.2. The summed E-state index contributed by atoms with van der Waals surface area (Å²) in [5.74, 6) is -0.189. The van der Waals surface area contributed by atoms with Crippen molar-refractivity contribution in [2.75, 3.05) is 145 Å². The fourth-order valence-electron chi connectivity index (χ4n) is 5.59. The molecular weight excluding hydrogens is 741 g/mol. The van der Waals surface area contributed by atoms with Gasteiger partial charge in [-0.05, 0) is 21.8 Å². The van der Waals surface area contributed by atoms with Crippen molar-refractivity contribution < 1.29 is 61.3 Å². The van der Waals surface area contributed by atoms with E-state index < -0.39 is 8.32 Å². The van der Waals surface area contributed by atoms with Crippen LogP contribution in [0, 0.1) is 0 Å². The Bertz CT molecular complexity index is 1130. The molecule has 0 aliphatic carbocycles. The van der Waals surface area contributed by atoms with E-state index in [2.05, 4.69) is 81.4 Å². The summed E-state index contributed by atoms with van der Waals surface area (Å²) in [6, 6.07) is 21.3. The van der Waals surface area contributed by atoms with Crippen molar-refractivity contribution >= 4 is 24.7 Å². The van der Waals surface area contributed by atoms with Crippen molar-refractivity contribution in [3.8, 4) is 0 Å². The first-order valence-corrected chi connectivity index (χ1v) is 22.0. The molecule has 0 aliphatic heterocycles. The van der Waals surface area contributed by atoms with Gasteiger partial charge in [0.25, 0.3) is 8.32 Å². The Labute approximate surface area is 336 Å². The number of esters is 1. The largest absolute Gasteiger partial charge is 0.463 e. The van der Waals surface area contributed by atoms with Crippen LogP contribution in [0.1, 0.15) is 40.5 Å². The van der Waals surface area contributed by atoms with Gasteiger partial charge in [-0.2, -0.15) is 0 Å². The van der Waals surface area contributed by atoms with Gasteiger partial charge in [0, 0.05) is 6.42 Å². The number of hydrogen-bond acceptors (Lipinski definition) is 13. The zero-order valence-electron chi connectivity index (χ0n) is 34.6. The smallest absolute Gasteiger partial charge is 0.305 e. The van der Waals surface area contributed by atoms with E-state index in [0.29, 0.717) is 145 Å². The molecule has 0 unspecified atom stereocenters. The van der Waals surface area contributed by atoms with E-state index >= 15 is 0 Å². The Balaban J connectivity index is 1.29. The van der Waals surface area contributed by atoms with Gasteiger partial charge in [0.15, 0.2) is 0 Å². The van der Waals surface area contributed by atoms with Gasteiger partial charge in [0.1, 0.15) is 6.61 Å². The Hall–Kier alpha value is -2.31. The van der Waals surface area contributed by atoms with Crippen molar-refractivity contribution in [3.05, 3.63) is 60.7 Å². The van der Waals surface area contributed by atoms with Crippen molar-refractivity contribution in [3.63, 3.8) is 0 Å². The minimum atomic E-state index is -2.54. The zero-order valence-corrected chi connectivity index (χ0v) is 35.6. The molecule has 0 amide bonds. The summed E-state index contributed by atoms with van der Waals surface area (Å²) < 4.78 is 67.3. The number of benzene rings is 2. The van der Waals surface area contributed by atoms with Crippen LogP contribution in [-0.2, 0) is 61.3 Å². The molecule has 320 valence electrons. The minimum absolute atomic E-state index is 0.0601. The molecule has 0 atom stereocenters. The molecule has 0 saturated carbocycles. The summed E-state index contributed by atoms with van der Waals surface area (Å²) in [6.45, 7) is 19.2. The maximum atomic E-state index is 11.2. The first-order valence-electron chi connectivity index (χ1n) is 20.1. The van der Waals surface area contributed by atoms with Gasteiger partial charge in [-0.15, -0.1) is 0 Å². The predicted molar refractivity (Wildman–Crippen MR) is 218 cm³/mol. The topological polar surface area (TPSA) is 128 Å². The average molecular weight is 811 g/mol. The first kappa shape index (κ1) is 49.8. The van der Waals surface area contributed by atoms with Crippen LogP contribution in [0.2, 0.25) is 5.04 Å². The Morgan fingerprint density at radius 2 is 0.696 bits per heavy atom. The molecule has 0 aliphatic rings. The molecule has 0 spiro atoms. The van der Waals surface area contributed by atoms with E-state index in [0.717, 1.165) is 6.42 Å². The van der Waals surface area contributed by atoms with Crippen LogP contribution in [-0.4, -0.2) is 160 Å². The second-order valence-electron chi connectivity index (χ2n) is 13.6. The maximum absolute atomic E-state index is 11.2. The molecule has 0 bridgehead atoms. The van der Waals surface area contributed by atoms with Gasteiger partial charge in [-0.3, -0.25) is 4.79 Å². The predicted octanol–water partition coefficient (Wildman–Crippen LogP) is 4.07. The summed E-state index contributed by atoms with van der Waals surface area (Å²) in [5.41, 5.74) is 0. The summed E-state index contributed by atoms with van der Waals surface area (Å²) >= 11 is 0. The van der Waals surface area contributed by atoms with Crippen molar-refractivity contribution in [1.29, 1.82) is 0 Å². The highest BCUT2D eigenvalue weighted by atomic mass is 28.4. The van der Waals surface area contributed by atoms with E-state index in [-0.39, 0.29) is 17.6 Å². The minimum Gasteiger partial charge on any atom is -0.463 e. The van der Waals surface area contributed by atoms with E-state index in [1.807, 2.05) is 6.92 Å². The monoisotopic (exact) mass is 810 g/mol. The van der Waals surface area contributed by atoms with Crippen molar-refractivity contribution in [2.45, 2.75) is 45.6 Å². The third-order valence-electron chi connectivity index (χ3n) is 8.26. The first-order chi connectivity index (χ1) is 27.4. The number of hydrogen-bond donors (Lipinski definition) is 0. The van der Waals surface area contributed by atoms with E-state index in [4.69, 9.17) is 56.5 Å². The average Bonchev–Trinajstić information content (AvgIpc) is 3.19. The second kappa shape index (κ2) is 33.6. The lowest BCUT2D eigenvalue weighted by atomic mass is 10.2. The van der Waals surface area contributed by atoms with Crippen LogP contribution in [0.3, 0.4) is 0 Å². The SMILES string of the molecule is CCCC(=O)OCCOCCOCCOCCOCCOCCOCCOCCOCCOCCOCCO[Si](c1ccccc1)(c1ccccc1)C(C)(C)C. The molecule has 2 aromatic rings. The van der Waals surface area contributed by atoms with Crippen LogP contribution in [0.4, 0.5) is 0 Å². The maximum Gasteiger partial charge on any atom is 0.305 e. The van der Waals surface area contributed by atoms with E-state index in [1.165, 1.54) is 10.4 Å². The van der Waals surface area contributed by atoms with Gasteiger partial charge in [0.05, 0.1) is 139 Å². The molecule has 13 nitrogen and oxygen atoms in total. The molecule has 0 heterocycles. The van der Waals surface area contributed by atoms with Gasteiger partial charge in [-0.25, -0.2) is 0 Å². The Kier molecular flexibility index (Phi) is 29.9. The molecule has 2 aromatic carbocycles. The second-order valence-corrected chi connectivity index (χ2v) is 17.9. The van der Waals surface area contributed by atoms with Crippen LogP contribution in [0.5, 0.6) is 0 Å². The van der Waals surface area contributed by atoms with Crippen LogP contribution in [0.15, 0.2) is 60.7 Å². The number of rotatable bonds is 38. The van der Waals surface area contributed by atoms with Crippen LogP contribution < -0.4 is 10.4 Å². The fraction of sp³-hybridized carbons (Fsp3) is 0.690. The van der Waals surface area contributed by atoms with Crippen LogP contribution >= 0.6 is 0 Å². The number of ether oxygens (including phenoxy) is 11. The van der Waals surface area contributed by atoms with E-state index in [1.54, 1.807) is 0 Å². The van der Waals surface area contributed by atoms with Gasteiger partial charge >= 0.3 is 5.97 Å². The number of carbonyl (C=O) groups excluding carboxylic acids is 1. The lowest BCUT2D eigenvalue weighted by Gasteiger charge is -2.43. The highest BCUT2D eigenvalue weighted by molar-refractivity contribution is 6.99. The normalized spacial score (nSPS) is 12.0. The molecule has 0 saturated heterocycles. The van der Waals surface area contributed by atoms with Gasteiger partial charge < -0.3 is 56.5 Å². The number of carbonyl (C=O) groups is 1. The summed E-state index contributed by atoms with van der Waals surface area (Å²) in [5, 5.41) is 2.47. The Morgan fingerprint density at radius 3 is 0.964 bits per heavy atom. The highest BCUT2D eigenvalue weighted by Crippen LogP contribution is 2.36. The molecule has 0 fully saturated rings. The van der Waals surface area contributed by atoms with Crippen molar-refractivity contribution in [1.82, 2.24) is 0 Å². The molecule has 0 radical (unpaired) electrons. The molecular formula is C42H70O13Si. The Morgan fingerprint density at radius 1 is 0.429 bits per heavy atom. The van der Waals surface area contributed by atoms with E-state index in [9.17, 15) is 4.79 Å². The summed E-state index contributed by atoms with van der Waals surface area (Å²) in [6.07, 6.45) is 1.22. The molecule has 0 aromatic heterocycles. The molecule has 56 heavy (non-hydrogen) atoms. The standard InChI is InChI=1S/C42H70O13Si/c1-5-12-41(43)54-37-35-52-33-31-50-29-27-48-25-23-46-21-19-44-17-18-45-20-22-47-24-26-49-28-30-51-32-34-53-36-38-55-56(42(2,3)4,39-13-8-6-9-14-39)40-15-10-7-11-16-40/h6-11,13-16H,5,12,17-38H2,1-4H3. The zero-order chi connectivity index (χ0) is 40.3. The highest BCUT2D eigenvalue weighted by Gasteiger charge is 2.50. The lowest BCUT2D eigenvalue weighted by molar-refractivity contribution is -0.145.